The van der Waals surface area contributed by atoms with E-state index in [9.17, 15) is 0 Å². The number of ether oxygens (including phenoxy) is 1. The molecule has 2 heteroatoms. The standard InChI is InChI=1S/C19H25NO/c1-5-8-21-19-12-14(2)6-7-18(19)20-13-17-10-15(3)9-16(4)11-17/h6-7,9-12,20H,5,8,13H2,1-4H3. The molecular weight excluding hydrogens is 258 g/mol. The summed E-state index contributed by atoms with van der Waals surface area (Å²) in [6.07, 6.45) is 1.02. The highest BCUT2D eigenvalue weighted by molar-refractivity contribution is 5.58. The first-order valence-corrected chi connectivity index (χ1v) is 7.63. The van der Waals surface area contributed by atoms with E-state index in [1.807, 2.05) is 0 Å². The molecule has 1 N–H and O–H groups in total. The minimum atomic E-state index is 0.752. The normalized spacial score (nSPS) is 10.5. The topological polar surface area (TPSA) is 21.3 Å². The second-order valence-electron chi connectivity index (χ2n) is 5.70. The molecule has 0 aliphatic carbocycles. The first-order valence-electron chi connectivity index (χ1n) is 7.63. The largest absolute Gasteiger partial charge is 0.491 e. The Kier molecular flexibility index (Phi) is 5.26. The summed E-state index contributed by atoms with van der Waals surface area (Å²) in [4.78, 5) is 0. The summed E-state index contributed by atoms with van der Waals surface area (Å²) in [6, 6.07) is 13.0. The van der Waals surface area contributed by atoms with Gasteiger partial charge in [0.05, 0.1) is 12.3 Å². The van der Waals surface area contributed by atoms with Gasteiger partial charge in [-0.2, -0.15) is 0 Å². The summed E-state index contributed by atoms with van der Waals surface area (Å²) < 4.78 is 5.84. The van der Waals surface area contributed by atoms with Crippen LogP contribution in [0.2, 0.25) is 0 Å². The first kappa shape index (κ1) is 15.4. The number of benzene rings is 2. The van der Waals surface area contributed by atoms with Crippen LogP contribution in [-0.2, 0) is 6.54 Å². The van der Waals surface area contributed by atoms with Gasteiger partial charge in [0.25, 0.3) is 0 Å². The molecule has 0 fully saturated rings. The summed E-state index contributed by atoms with van der Waals surface area (Å²) in [5.41, 5.74) is 6.19. The van der Waals surface area contributed by atoms with Gasteiger partial charge in [0, 0.05) is 6.54 Å². The van der Waals surface area contributed by atoms with E-state index in [1.54, 1.807) is 0 Å². The SMILES string of the molecule is CCCOc1cc(C)ccc1NCc1cc(C)cc(C)c1. The van der Waals surface area contributed by atoms with Crippen LogP contribution in [0.4, 0.5) is 5.69 Å². The molecule has 0 aromatic heterocycles. The minimum Gasteiger partial charge on any atom is -0.491 e. The second kappa shape index (κ2) is 7.16. The van der Waals surface area contributed by atoms with Crippen molar-refractivity contribution >= 4 is 5.69 Å². The van der Waals surface area contributed by atoms with Crippen molar-refractivity contribution in [1.29, 1.82) is 0 Å². The maximum absolute atomic E-state index is 5.84. The first-order chi connectivity index (χ1) is 10.1. The molecule has 0 bridgehead atoms. The molecule has 21 heavy (non-hydrogen) atoms. The number of nitrogens with one attached hydrogen (secondary N) is 1. The van der Waals surface area contributed by atoms with Crippen LogP contribution >= 0.6 is 0 Å². The highest BCUT2D eigenvalue weighted by atomic mass is 16.5. The molecule has 112 valence electrons. The fourth-order valence-corrected chi connectivity index (χ4v) is 2.48. The molecule has 2 rings (SSSR count). The molecule has 0 saturated carbocycles. The third-order valence-corrected chi connectivity index (χ3v) is 3.36. The Morgan fingerprint density at radius 2 is 1.62 bits per heavy atom. The van der Waals surface area contributed by atoms with Gasteiger partial charge in [-0.05, 0) is 50.5 Å². The molecule has 0 saturated heterocycles. The molecule has 0 spiro atoms. The van der Waals surface area contributed by atoms with Gasteiger partial charge < -0.3 is 10.1 Å². The predicted molar refractivity (Wildman–Crippen MR) is 90.2 cm³/mol. The smallest absolute Gasteiger partial charge is 0.142 e. The number of aryl methyl sites for hydroxylation is 3. The molecule has 0 heterocycles. The van der Waals surface area contributed by atoms with Gasteiger partial charge in [0.1, 0.15) is 5.75 Å². The van der Waals surface area contributed by atoms with Crippen molar-refractivity contribution in [1.82, 2.24) is 0 Å². The van der Waals surface area contributed by atoms with E-state index in [0.29, 0.717) is 0 Å². The lowest BCUT2D eigenvalue weighted by molar-refractivity contribution is 0.318. The number of hydrogen-bond acceptors (Lipinski definition) is 2. The van der Waals surface area contributed by atoms with Gasteiger partial charge in [0.15, 0.2) is 0 Å². The third kappa shape index (κ3) is 4.52. The summed E-state index contributed by atoms with van der Waals surface area (Å²) in [5, 5.41) is 3.50. The molecule has 0 atom stereocenters. The number of anilines is 1. The van der Waals surface area contributed by atoms with Gasteiger partial charge in [-0.25, -0.2) is 0 Å². The van der Waals surface area contributed by atoms with Crippen molar-refractivity contribution in [3.63, 3.8) is 0 Å². The van der Waals surface area contributed by atoms with Crippen LogP contribution in [0.1, 0.15) is 35.6 Å². The molecule has 0 radical (unpaired) electrons. The molecule has 2 aromatic carbocycles. The van der Waals surface area contributed by atoms with Gasteiger partial charge in [-0.1, -0.05) is 42.3 Å². The van der Waals surface area contributed by atoms with Crippen LogP contribution in [0, 0.1) is 20.8 Å². The van der Waals surface area contributed by atoms with Crippen LogP contribution < -0.4 is 10.1 Å². The van der Waals surface area contributed by atoms with Crippen molar-refractivity contribution in [2.45, 2.75) is 40.7 Å². The zero-order valence-corrected chi connectivity index (χ0v) is 13.5. The van der Waals surface area contributed by atoms with E-state index in [0.717, 1.165) is 31.0 Å². The van der Waals surface area contributed by atoms with E-state index in [-0.39, 0.29) is 0 Å². The zero-order valence-electron chi connectivity index (χ0n) is 13.5. The molecule has 2 aromatic rings. The van der Waals surface area contributed by atoms with Crippen molar-refractivity contribution in [3.05, 3.63) is 58.7 Å². The Morgan fingerprint density at radius 3 is 2.29 bits per heavy atom. The summed E-state index contributed by atoms with van der Waals surface area (Å²) in [6.45, 7) is 10.1. The van der Waals surface area contributed by atoms with Crippen molar-refractivity contribution < 1.29 is 4.74 Å². The maximum atomic E-state index is 5.84. The Morgan fingerprint density at radius 1 is 0.905 bits per heavy atom. The Bertz CT molecular complexity index is 584. The fraction of sp³-hybridized carbons (Fsp3) is 0.368. The van der Waals surface area contributed by atoms with Gasteiger partial charge in [-0.3, -0.25) is 0 Å². The summed E-state index contributed by atoms with van der Waals surface area (Å²) in [5.74, 6) is 0.946. The molecule has 0 aliphatic rings. The lowest BCUT2D eigenvalue weighted by Gasteiger charge is -2.14. The predicted octanol–water partition coefficient (Wildman–Crippen LogP) is 5.01. The third-order valence-electron chi connectivity index (χ3n) is 3.36. The fourth-order valence-electron chi connectivity index (χ4n) is 2.48. The van der Waals surface area contributed by atoms with Crippen molar-refractivity contribution in [2.24, 2.45) is 0 Å². The lowest BCUT2D eigenvalue weighted by atomic mass is 10.1. The van der Waals surface area contributed by atoms with Crippen molar-refractivity contribution in [3.8, 4) is 5.75 Å². The molecule has 0 unspecified atom stereocenters. The monoisotopic (exact) mass is 283 g/mol. The van der Waals surface area contributed by atoms with Crippen LogP contribution in [0.15, 0.2) is 36.4 Å². The number of hydrogen-bond donors (Lipinski definition) is 1. The Labute approximate surface area is 128 Å². The van der Waals surface area contributed by atoms with E-state index < -0.39 is 0 Å². The van der Waals surface area contributed by atoms with E-state index in [2.05, 4.69) is 69.4 Å². The molecule has 2 nitrogen and oxygen atoms in total. The average molecular weight is 283 g/mol. The maximum Gasteiger partial charge on any atom is 0.142 e. The summed E-state index contributed by atoms with van der Waals surface area (Å²) >= 11 is 0. The highest BCUT2D eigenvalue weighted by Crippen LogP contribution is 2.26. The summed E-state index contributed by atoms with van der Waals surface area (Å²) in [7, 11) is 0. The van der Waals surface area contributed by atoms with E-state index >= 15 is 0 Å². The van der Waals surface area contributed by atoms with Gasteiger partial charge in [-0.15, -0.1) is 0 Å². The van der Waals surface area contributed by atoms with Gasteiger partial charge in [0.2, 0.25) is 0 Å². The second-order valence-corrected chi connectivity index (χ2v) is 5.70. The Hall–Kier alpha value is -1.96. The quantitative estimate of drug-likeness (QED) is 0.804. The number of rotatable bonds is 6. The highest BCUT2D eigenvalue weighted by Gasteiger charge is 2.04. The van der Waals surface area contributed by atoms with E-state index in [4.69, 9.17) is 4.74 Å². The molecule has 0 aliphatic heterocycles. The Balaban J connectivity index is 2.11. The molecular formula is C19H25NO. The van der Waals surface area contributed by atoms with Crippen molar-refractivity contribution in [2.75, 3.05) is 11.9 Å². The zero-order chi connectivity index (χ0) is 15.2. The van der Waals surface area contributed by atoms with E-state index in [1.165, 1.54) is 22.3 Å². The van der Waals surface area contributed by atoms with Crippen LogP contribution in [-0.4, -0.2) is 6.61 Å². The van der Waals surface area contributed by atoms with Crippen LogP contribution in [0.25, 0.3) is 0 Å². The van der Waals surface area contributed by atoms with Crippen LogP contribution in [0.3, 0.4) is 0 Å². The van der Waals surface area contributed by atoms with Gasteiger partial charge >= 0.3 is 0 Å². The molecule has 0 amide bonds. The average Bonchev–Trinajstić information content (AvgIpc) is 2.43. The lowest BCUT2D eigenvalue weighted by Crippen LogP contribution is -2.04. The minimum absolute atomic E-state index is 0.752. The van der Waals surface area contributed by atoms with Crippen LogP contribution in [0.5, 0.6) is 5.75 Å².